The molecule has 0 saturated carbocycles. The molecule has 116 valence electrons. The molecule has 0 radical (unpaired) electrons. The Bertz CT molecular complexity index is 652. The summed E-state index contributed by atoms with van der Waals surface area (Å²) in [5, 5.41) is 3.32. The van der Waals surface area contributed by atoms with Gasteiger partial charge in [0.05, 0.1) is 0 Å². The summed E-state index contributed by atoms with van der Waals surface area (Å²) >= 11 is 3.15. The maximum atomic E-state index is 14.1. The van der Waals surface area contributed by atoms with E-state index in [0.29, 0.717) is 22.9 Å². The van der Waals surface area contributed by atoms with Gasteiger partial charge in [-0.2, -0.15) is 4.31 Å². The van der Waals surface area contributed by atoms with Crippen LogP contribution < -0.4 is 5.32 Å². The number of nitrogens with zero attached hydrogens (tertiary/aromatic N) is 1. The van der Waals surface area contributed by atoms with Gasteiger partial charge in [-0.05, 0) is 49.5 Å². The Morgan fingerprint density at radius 2 is 2.19 bits per heavy atom. The lowest BCUT2D eigenvalue weighted by molar-refractivity contribution is 0.327. The number of fused-ring (bicyclic) bond motifs is 1. The van der Waals surface area contributed by atoms with Crippen molar-refractivity contribution in [3.05, 3.63) is 28.5 Å². The largest absolute Gasteiger partial charge is 0.316 e. The molecule has 3 unspecified atom stereocenters. The maximum Gasteiger partial charge on any atom is 0.246 e. The van der Waals surface area contributed by atoms with E-state index in [4.69, 9.17) is 0 Å². The summed E-state index contributed by atoms with van der Waals surface area (Å²) in [5.41, 5.74) is 0. The van der Waals surface area contributed by atoms with E-state index in [1.54, 1.807) is 6.07 Å². The van der Waals surface area contributed by atoms with Crippen LogP contribution in [0.5, 0.6) is 0 Å². The second-order valence-corrected chi connectivity index (χ2v) is 8.48. The van der Waals surface area contributed by atoms with Crippen LogP contribution in [0.1, 0.15) is 13.3 Å². The molecule has 0 bridgehead atoms. The van der Waals surface area contributed by atoms with E-state index in [0.717, 1.165) is 19.5 Å². The molecule has 3 atom stereocenters. The fourth-order valence-corrected chi connectivity index (χ4v) is 5.76. The molecule has 4 nitrogen and oxygen atoms in total. The van der Waals surface area contributed by atoms with Gasteiger partial charge in [-0.1, -0.05) is 22.9 Å². The molecule has 2 aliphatic rings. The SMILES string of the molecule is CCC1C2CNCC2CN1S(=O)(=O)c1ccc(Br)cc1F. The number of hydrogen-bond donors (Lipinski definition) is 1. The highest BCUT2D eigenvalue weighted by molar-refractivity contribution is 9.10. The third kappa shape index (κ3) is 2.54. The first-order chi connectivity index (χ1) is 9.95. The average molecular weight is 377 g/mol. The first-order valence-corrected chi connectivity index (χ1v) is 9.36. The summed E-state index contributed by atoms with van der Waals surface area (Å²) in [6.07, 6.45) is 0.750. The second-order valence-electron chi connectivity index (χ2n) is 5.71. The lowest BCUT2D eigenvalue weighted by atomic mass is 9.93. The zero-order valence-corrected chi connectivity index (χ0v) is 14.1. The highest BCUT2D eigenvalue weighted by atomic mass is 79.9. The van der Waals surface area contributed by atoms with E-state index in [-0.39, 0.29) is 10.9 Å². The minimum Gasteiger partial charge on any atom is -0.316 e. The van der Waals surface area contributed by atoms with E-state index < -0.39 is 15.8 Å². The summed E-state index contributed by atoms with van der Waals surface area (Å²) < 4.78 is 41.8. The van der Waals surface area contributed by atoms with E-state index in [2.05, 4.69) is 21.2 Å². The van der Waals surface area contributed by atoms with Gasteiger partial charge < -0.3 is 5.32 Å². The predicted octanol–water partition coefficient (Wildman–Crippen LogP) is 2.21. The lowest BCUT2D eigenvalue weighted by Gasteiger charge is -2.26. The average Bonchev–Trinajstić information content (AvgIpc) is 2.97. The highest BCUT2D eigenvalue weighted by Crippen LogP contribution is 2.38. The minimum absolute atomic E-state index is 0.0435. The molecule has 0 aromatic heterocycles. The predicted molar refractivity (Wildman–Crippen MR) is 81.9 cm³/mol. The van der Waals surface area contributed by atoms with Crippen molar-refractivity contribution < 1.29 is 12.8 Å². The number of rotatable bonds is 3. The van der Waals surface area contributed by atoms with Crippen LogP contribution in [0.15, 0.2) is 27.6 Å². The molecule has 2 fully saturated rings. The van der Waals surface area contributed by atoms with Crippen LogP contribution in [-0.4, -0.2) is 38.4 Å². The monoisotopic (exact) mass is 376 g/mol. The third-order valence-electron chi connectivity index (χ3n) is 4.57. The molecule has 2 aliphatic heterocycles. The summed E-state index contributed by atoms with van der Waals surface area (Å²) in [5.74, 6) is -0.0269. The summed E-state index contributed by atoms with van der Waals surface area (Å²) in [6.45, 7) is 4.16. The van der Waals surface area contributed by atoms with Crippen molar-refractivity contribution in [3.8, 4) is 0 Å². The van der Waals surface area contributed by atoms with Crippen LogP contribution in [-0.2, 0) is 10.0 Å². The van der Waals surface area contributed by atoms with Crippen LogP contribution in [0.2, 0.25) is 0 Å². The Balaban J connectivity index is 1.98. The van der Waals surface area contributed by atoms with Crippen LogP contribution in [0.3, 0.4) is 0 Å². The molecule has 1 N–H and O–H groups in total. The first kappa shape index (κ1) is 15.4. The van der Waals surface area contributed by atoms with Crippen molar-refractivity contribution in [1.82, 2.24) is 9.62 Å². The second kappa shape index (κ2) is 5.61. The smallest absolute Gasteiger partial charge is 0.246 e. The Morgan fingerprint density at radius 1 is 1.43 bits per heavy atom. The quantitative estimate of drug-likeness (QED) is 0.879. The summed E-state index contributed by atoms with van der Waals surface area (Å²) in [7, 11) is -3.78. The zero-order chi connectivity index (χ0) is 15.2. The van der Waals surface area contributed by atoms with Crippen molar-refractivity contribution in [2.24, 2.45) is 11.8 Å². The van der Waals surface area contributed by atoms with E-state index in [1.165, 1.54) is 16.4 Å². The maximum absolute atomic E-state index is 14.1. The van der Waals surface area contributed by atoms with Crippen LogP contribution in [0, 0.1) is 17.7 Å². The minimum atomic E-state index is -3.78. The number of hydrogen-bond acceptors (Lipinski definition) is 3. The van der Waals surface area contributed by atoms with Gasteiger partial charge >= 0.3 is 0 Å². The number of halogens is 2. The lowest BCUT2D eigenvalue weighted by Crippen LogP contribution is -2.39. The summed E-state index contributed by atoms with van der Waals surface area (Å²) in [6, 6.07) is 4.06. The van der Waals surface area contributed by atoms with E-state index in [1.807, 2.05) is 6.92 Å². The highest BCUT2D eigenvalue weighted by Gasteiger charge is 2.48. The van der Waals surface area contributed by atoms with Crippen molar-refractivity contribution in [2.75, 3.05) is 19.6 Å². The van der Waals surface area contributed by atoms with Crippen molar-refractivity contribution in [1.29, 1.82) is 0 Å². The first-order valence-electron chi connectivity index (χ1n) is 7.12. The van der Waals surface area contributed by atoms with Crippen molar-refractivity contribution in [3.63, 3.8) is 0 Å². The van der Waals surface area contributed by atoms with Gasteiger partial charge in [0.15, 0.2) is 0 Å². The molecule has 2 saturated heterocycles. The molecule has 21 heavy (non-hydrogen) atoms. The van der Waals surface area contributed by atoms with Gasteiger partial charge in [0.2, 0.25) is 10.0 Å². The van der Waals surface area contributed by atoms with Crippen LogP contribution in [0.4, 0.5) is 4.39 Å². The Kier molecular flexibility index (Phi) is 4.11. The number of benzene rings is 1. The third-order valence-corrected chi connectivity index (χ3v) is 6.99. The van der Waals surface area contributed by atoms with E-state index in [9.17, 15) is 12.8 Å². The molecule has 3 rings (SSSR count). The van der Waals surface area contributed by atoms with Gasteiger partial charge in [-0.3, -0.25) is 0 Å². The van der Waals surface area contributed by atoms with Gasteiger partial charge in [0.25, 0.3) is 0 Å². The normalized spacial score (nSPS) is 29.8. The molecular weight excluding hydrogens is 359 g/mol. The van der Waals surface area contributed by atoms with Gasteiger partial charge in [-0.25, -0.2) is 12.8 Å². The van der Waals surface area contributed by atoms with Crippen LogP contribution >= 0.6 is 15.9 Å². The fraction of sp³-hybridized carbons (Fsp3) is 0.571. The Morgan fingerprint density at radius 3 is 2.86 bits per heavy atom. The number of nitrogens with one attached hydrogen (secondary N) is 1. The Hall–Kier alpha value is -0.500. The van der Waals surface area contributed by atoms with Gasteiger partial charge in [-0.15, -0.1) is 0 Å². The van der Waals surface area contributed by atoms with Crippen molar-refractivity contribution in [2.45, 2.75) is 24.3 Å². The van der Waals surface area contributed by atoms with Crippen molar-refractivity contribution >= 4 is 26.0 Å². The molecule has 7 heteroatoms. The summed E-state index contributed by atoms with van der Waals surface area (Å²) in [4.78, 5) is -0.225. The van der Waals surface area contributed by atoms with Crippen LogP contribution in [0.25, 0.3) is 0 Å². The molecule has 1 aromatic carbocycles. The zero-order valence-electron chi connectivity index (χ0n) is 11.7. The molecule has 1 aromatic rings. The number of sulfonamides is 1. The van der Waals surface area contributed by atoms with E-state index >= 15 is 0 Å². The Labute approximate surface area is 132 Å². The van der Waals surface area contributed by atoms with Gasteiger partial charge in [0, 0.05) is 17.1 Å². The molecule has 0 aliphatic carbocycles. The van der Waals surface area contributed by atoms with Gasteiger partial charge in [0.1, 0.15) is 10.7 Å². The molecule has 0 spiro atoms. The fourth-order valence-electron chi connectivity index (χ4n) is 3.58. The molecule has 0 amide bonds. The molecular formula is C14H18BrFN2O2S. The molecule has 2 heterocycles. The standard InChI is InChI=1S/C14H18BrFN2O2S/c1-2-13-11-7-17-6-9(11)8-18(13)21(19,20)14-4-3-10(15)5-12(14)16/h3-5,9,11,13,17H,2,6-8H2,1H3. The topological polar surface area (TPSA) is 49.4 Å².